The highest BCUT2D eigenvalue weighted by Gasteiger charge is 2.27. The summed E-state index contributed by atoms with van der Waals surface area (Å²) in [6.07, 6.45) is 7.74. The molecule has 0 saturated heterocycles. The molecule has 1 aliphatic carbocycles. The van der Waals surface area contributed by atoms with E-state index in [-0.39, 0.29) is 30.5 Å². The minimum absolute atomic E-state index is 0.0628. The number of rotatable bonds is 6. The highest BCUT2D eigenvalue weighted by Crippen LogP contribution is 2.27. The first kappa shape index (κ1) is 18.2. The van der Waals surface area contributed by atoms with Crippen molar-refractivity contribution in [3.05, 3.63) is 48.3 Å². The molecule has 2 N–H and O–H groups in total. The lowest BCUT2D eigenvalue weighted by Crippen LogP contribution is -2.35. The summed E-state index contributed by atoms with van der Waals surface area (Å²) in [5.74, 6) is -0.388. The van der Waals surface area contributed by atoms with E-state index in [4.69, 9.17) is 4.84 Å². The van der Waals surface area contributed by atoms with Crippen molar-refractivity contribution in [3.8, 4) is 0 Å². The Morgan fingerprint density at radius 1 is 1.18 bits per heavy atom. The van der Waals surface area contributed by atoms with Crippen molar-refractivity contribution in [3.63, 3.8) is 0 Å². The van der Waals surface area contributed by atoms with Gasteiger partial charge in [-0.2, -0.15) is 5.10 Å². The Bertz CT molecular complexity index is 871. The molecule has 4 rings (SSSR count). The Morgan fingerprint density at radius 3 is 2.75 bits per heavy atom. The number of aromatic nitrogens is 2. The second kappa shape index (κ2) is 8.24. The summed E-state index contributed by atoms with van der Waals surface area (Å²) in [5, 5.41) is 13.8. The summed E-state index contributed by atoms with van der Waals surface area (Å²) in [4.78, 5) is 29.9. The van der Waals surface area contributed by atoms with Crippen LogP contribution in [0.2, 0.25) is 0 Å². The summed E-state index contributed by atoms with van der Waals surface area (Å²) < 4.78 is 1.51. The van der Waals surface area contributed by atoms with E-state index < -0.39 is 0 Å². The fourth-order valence-corrected chi connectivity index (χ4v) is 3.57. The molecule has 8 nitrogen and oxygen atoms in total. The molecule has 1 fully saturated rings. The van der Waals surface area contributed by atoms with Crippen LogP contribution in [0, 0.1) is 0 Å². The number of benzene rings is 1. The van der Waals surface area contributed by atoms with Crippen molar-refractivity contribution >= 4 is 23.2 Å². The molecule has 1 aromatic carbocycles. The average Bonchev–Trinajstić information content (AvgIpc) is 3.44. The molecule has 1 atom stereocenters. The third kappa shape index (κ3) is 4.39. The largest absolute Gasteiger partial charge is 0.387 e. The van der Waals surface area contributed by atoms with Crippen molar-refractivity contribution < 1.29 is 14.4 Å². The third-order valence-electron chi connectivity index (χ3n) is 5.02. The lowest BCUT2D eigenvalue weighted by molar-refractivity contribution is -0.122. The van der Waals surface area contributed by atoms with Crippen LogP contribution in [0.25, 0.3) is 0 Å². The van der Waals surface area contributed by atoms with Gasteiger partial charge < -0.3 is 15.5 Å². The van der Waals surface area contributed by atoms with Gasteiger partial charge in [0.2, 0.25) is 5.91 Å². The van der Waals surface area contributed by atoms with E-state index in [0.29, 0.717) is 17.8 Å². The monoisotopic (exact) mass is 381 g/mol. The maximum Gasteiger partial charge on any atom is 0.273 e. The third-order valence-corrected chi connectivity index (χ3v) is 5.02. The molecule has 2 heterocycles. The van der Waals surface area contributed by atoms with Crippen molar-refractivity contribution in [2.24, 2.45) is 5.16 Å². The molecule has 8 heteroatoms. The normalized spacial score (nSPS) is 19.1. The molecule has 2 aliphatic rings. The van der Waals surface area contributed by atoms with Crippen LogP contribution in [0.5, 0.6) is 0 Å². The zero-order valence-corrected chi connectivity index (χ0v) is 15.5. The van der Waals surface area contributed by atoms with E-state index in [1.165, 1.54) is 23.7 Å². The number of carbonyl (C=O) groups is 2. The maximum absolute atomic E-state index is 12.4. The second-order valence-corrected chi connectivity index (χ2v) is 7.18. The van der Waals surface area contributed by atoms with Gasteiger partial charge in [-0.3, -0.25) is 14.3 Å². The first-order valence-electron chi connectivity index (χ1n) is 9.58. The molecule has 1 aliphatic heterocycles. The number of amides is 2. The molecule has 146 valence electrons. The van der Waals surface area contributed by atoms with Crippen molar-refractivity contribution in [1.29, 1.82) is 0 Å². The number of nitrogens with zero attached hydrogens (tertiary/aromatic N) is 3. The van der Waals surface area contributed by atoms with Crippen LogP contribution in [-0.4, -0.2) is 33.3 Å². The number of oxime groups is 1. The molecule has 2 aromatic rings. The van der Waals surface area contributed by atoms with Crippen molar-refractivity contribution in [2.75, 3.05) is 5.32 Å². The fraction of sp³-hybridized carbons (Fsp3) is 0.400. The Morgan fingerprint density at radius 2 is 1.96 bits per heavy atom. The maximum atomic E-state index is 12.4. The average molecular weight is 381 g/mol. The lowest BCUT2D eigenvalue weighted by Gasteiger charge is -2.11. The van der Waals surface area contributed by atoms with Gasteiger partial charge in [0, 0.05) is 18.7 Å². The van der Waals surface area contributed by atoms with Gasteiger partial charge in [0.15, 0.2) is 6.10 Å². The topological polar surface area (TPSA) is 97.6 Å². The van der Waals surface area contributed by atoms with E-state index in [2.05, 4.69) is 20.9 Å². The standard InChI is InChI=1S/C20H23N5O3/c26-19(22-15-8-4-5-9-15)13-25-12-16(11-21-25)23-20(27)17-10-18(28-24-17)14-6-2-1-3-7-14/h1-3,6-7,11-12,15,18H,4-5,8-10,13H2,(H,22,26)(H,23,27)/t18-/m0/s1. The summed E-state index contributed by atoms with van der Waals surface area (Å²) in [6, 6.07) is 9.95. The Kier molecular flexibility index (Phi) is 5.36. The zero-order chi connectivity index (χ0) is 19.3. The molecule has 0 unspecified atom stereocenters. The van der Waals surface area contributed by atoms with Crippen molar-refractivity contribution in [2.45, 2.75) is 50.8 Å². The first-order chi connectivity index (χ1) is 13.7. The molecule has 28 heavy (non-hydrogen) atoms. The number of hydrogen-bond donors (Lipinski definition) is 2. The molecular weight excluding hydrogens is 358 g/mol. The molecule has 1 saturated carbocycles. The Labute approximate surface area is 162 Å². The van der Waals surface area contributed by atoms with Crippen LogP contribution in [0.15, 0.2) is 47.9 Å². The summed E-state index contributed by atoms with van der Waals surface area (Å²) in [5.41, 5.74) is 1.83. The van der Waals surface area contributed by atoms with Gasteiger partial charge in [0.05, 0.1) is 11.9 Å². The summed E-state index contributed by atoms with van der Waals surface area (Å²) >= 11 is 0. The van der Waals surface area contributed by atoms with Gasteiger partial charge in [0.25, 0.3) is 5.91 Å². The van der Waals surface area contributed by atoms with Crippen LogP contribution in [-0.2, 0) is 21.0 Å². The summed E-state index contributed by atoms with van der Waals surface area (Å²) in [6.45, 7) is 0.131. The molecule has 1 aromatic heterocycles. The van der Waals surface area contributed by atoms with Gasteiger partial charge >= 0.3 is 0 Å². The number of carbonyl (C=O) groups excluding carboxylic acids is 2. The molecule has 0 radical (unpaired) electrons. The molecule has 0 bridgehead atoms. The van der Waals surface area contributed by atoms with E-state index in [1.807, 2.05) is 30.3 Å². The summed E-state index contributed by atoms with van der Waals surface area (Å²) in [7, 11) is 0. The van der Waals surface area contributed by atoms with Crippen LogP contribution in [0.3, 0.4) is 0 Å². The lowest BCUT2D eigenvalue weighted by atomic mass is 10.0. The molecule has 0 spiro atoms. The van der Waals surface area contributed by atoms with Crippen molar-refractivity contribution in [1.82, 2.24) is 15.1 Å². The quantitative estimate of drug-likeness (QED) is 0.803. The predicted octanol–water partition coefficient (Wildman–Crippen LogP) is 2.40. The highest BCUT2D eigenvalue weighted by atomic mass is 16.6. The number of nitrogens with one attached hydrogen (secondary N) is 2. The van der Waals surface area contributed by atoms with E-state index >= 15 is 0 Å². The highest BCUT2D eigenvalue weighted by molar-refractivity contribution is 6.43. The Hall–Kier alpha value is -3.16. The van der Waals surface area contributed by atoms with Crippen LogP contribution in [0.4, 0.5) is 5.69 Å². The zero-order valence-electron chi connectivity index (χ0n) is 15.5. The van der Waals surface area contributed by atoms with Crippen LogP contribution >= 0.6 is 0 Å². The minimum Gasteiger partial charge on any atom is -0.387 e. The smallest absolute Gasteiger partial charge is 0.273 e. The van der Waals surface area contributed by atoms with Gasteiger partial charge in [-0.05, 0) is 18.4 Å². The fourth-order valence-electron chi connectivity index (χ4n) is 3.57. The van der Waals surface area contributed by atoms with Gasteiger partial charge in [-0.25, -0.2) is 0 Å². The second-order valence-electron chi connectivity index (χ2n) is 7.18. The number of hydrogen-bond acceptors (Lipinski definition) is 5. The van der Waals surface area contributed by atoms with E-state index in [0.717, 1.165) is 18.4 Å². The minimum atomic E-state index is -0.326. The van der Waals surface area contributed by atoms with Crippen LogP contribution in [0.1, 0.15) is 43.8 Å². The first-order valence-corrected chi connectivity index (χ1v) is 9.58. The van der Waals surface area contributed by atoms with Gasteiger partial charge in [0.1, 0.15) is 12.3 Å². The van der Waals surface area contributed by atoms with Gasteiger partial charge in [-0.15, -0.1) is 0 Å². The van der Waals surface area contributed by atoms with E-state index in [1.54, 1.807) is 6.20 Å². The molecule has 2 amide bonds. The SMILES string of the molecule is O=C(Cn1cc(NC(=O)C2=NO[C@H](c3ccccc3)C2)cn1)NC1CCCC1. The number of anilines is 1. The van der Waals surface area contributed by atoms with E-state index in [9.17, 15) is 9.59 Å². The molecular formula is C20H23N5O3. The predicted molar refractivity (Wildman–Crippen MR) is 104 cm³/mol. The van der Waals surface area contributed by atoms with Gasteiger partial charge in [-0.1, -0.05) is 48.3 Å². The van der Waals surface area contributed by atoms with Crippen LogP contribution < -0.4 is 10.6 Å². The Balaban J connectivity index is 1.28.